The number of carbonyl (C=O) groups excluding carboxylic acids is 2. The molecule has 2 saturated heterocycles. The summed E-state index contributed by atoms with van der Waals surface area (Å²) in [5.74, 6) is 0. The van der Waals surface area contributed by atoms with Crippen molar-refractivity contribution in [3.05, 3.63) is 0 Å². The van der Waals surface area contributed by atoms with E-state index in [9.17, 15) is 9.59 Å². The number of morpholine rings is 2. The summed E-state index contributed by atoms with van der Waals surface area (Å²) in [6, 6.07) is -1.35. The van der Waals surface area contributed by atoms with Crippen LogP contribution in [-0.4, -0.2) is 74.7 Å². The van der Waals surface area contributed by atoms with E-state index in [1.54, 1.807) is 10.0 Å². The zero-order chi connectivity index (χ0) is 14.2. The lowest BCUT2D eigenvalue weighted by Crippen LogP contribution is -2.48. The van der Waals surface area contributed by atoms with Gasteiger partial charge in [0.1, 0.15) is 0 Å². The number of amides is 4. The molecule has 0 unspecified atom stereocenters. The molecule has 0 aliphatic carbocycles. The molecule has 0 radical (unpaired) electrons. The number of carbonyl (C=O) groups is 2. The van der Waals surface area contributed by atoms with E-state index in [4.69, 9.17) is 9.47 Å². The molecular formula is C10H18N6O4. The first-order chi connectivity index (χ1) is 9.74. The highest BCUT2D eigenvalue weighted by molar-refractivity contribution is 5.79. The van der Waals surface area contributed by atoms with Crippen LogP contribution in [0.15, 0.2) is 10.2 Å². The van der Waals surface area contributed by atoms with Crippen molar-refractivity contribution in [3.8, 4) is 0 Å². The van der Waals surface area contributed by atoms with Gasteiger partial charge in [-0.15, -0.1) is 0 Å². The lowest BCUT2D eigenvalue weighted by Gasteiger charge is -2.26. The first-order valence-corrected chi connectivity index (χ1v) is 6.42. The van der Waals surface area contributed by atoms with Crippen molar-refractivity contribution < 1.29 is 19.1 Å². The van der Waals surface area contributed by atoms with Crippen molar-refractivity contribution >= 4 is 12.1 Å². The molecule has 10 nitrogen and oxygen atoms in total. The maximum Gasteiger partial charge on any atom is 0.374 e. The average molecular weight is 286 g/mol. The molecule has 2 rings (SSSR count). The van der Waals surface area contributed by atoms with E-state index in [0.717, 1.165) is 0 Å². The van der Waals surface area contributed by atoms with E-state index < -0.39 is 12.1 Å². The Hall–Kier alpha value is -1.62. The fraction of sp³-hybridized carbons (Fsp3) is 0.800. The Morgan fingerprint density at radius 1 is 0.750 bits per heavy atom. The molecule has 0 saturated carbocycles. The Labute approximate surface area is 116 Å². The second-order valence-corrected chi connectivity index (χ2v) is 4.23. The van der Waals surface area contributed by atoms with Crippen LogP contribution in [0.1, 0.15) is 0 Å². The molecule has 0 spiro atoms. The molecule has 4 amide bonds. The maximum absolute atomic E-state index is 11.4. The summed E-state index contributed by atoms with van der Waals surface area (Å²) in [5, 5.41) is 9.96. The van der Waals surface area contributed by atoms with E-state index in [1.807, 2.05) is 0 Å². The predicted octanol–water partition coefficient (Wildman–Crippen LogP) is -0.648. The lowest BCUT2D eigenvalue weighted by atomic mass is 10.5. The number of nitrogens with one attached hydrogen (secondary N) is 2. The van der Waals surface area contributed by atoms with E-state index >= 15 is 0 Å². The van der Waals surface area contributed by atoms with Crippen LogP contribution in [0.4, 0.5) is 9.59 Å². The standard InChI is InChI=1S/C10H18N6O4/c17-9(13-15-1-5-19-6-2-15)11-12-10(18)14-16-3-7-20-8-4-16/h1-8H2,(H,13,17)(H,14,18). The van der Waals surface area contributed by atoms with Gasteiger partial charge in [-0.2, -0.15) is 0 Å². The molecule has 2 aliphatic heterocycles. The van der Waals surface area contributed by atoms with E-state index in [0.29, 0.717) is 52.6 Å². The summed E-state index contributed by atoms with van der Waals surface area (Å²) in [7, 11) is 0. The van der Waals surface area contributed by atoms with Gasteiger partial charge in [-0.1, -0.05) is 10.2 Å². The third-order valence-corrected chi connectivity index (χ3v) is 2.76. The van der Waals surface area contributed by atoms with Crippen LogP contribution in [0.25, 0.3) is 0 Å². The highest BCUT2D eigenvalue weighted by atomic mass is 16.5. The van der Waals surface area contributed by atoms with Gasteiger partial charge < -0.3 is 9.47 Å². The van der Waals surface area contributed by atoms with Gasteiger partial charge in [-0.3, -0.25) is 10.9 Å². The average Bonchev–Trinajstić information content (AvgIpc) is 2.47. The fourth-order valence-electron chi connectivity index (χ4n) is 1.76. The van der Waals surface area contributed by atoms with Crippen molar-refractivity contribution in [1.82, 2.24) is 20.9 Å². The number of hydrogen-bond acceptors (Lipinski definition) is 6. The van der Waals surface area contributed by atoms with Crippen molar-refractivity contribution in [1.29, 1.82) is 0 Å². The molecule has 2 fully saturated rings. The van der Waals surface area contributed by atoms with Crippen LogP contribution in [0, 0.1) is 0 Å². The molecule has 0 aromatic carbocycles. The Bertz CT molecular complexity index is 331. The van der Waals surface area contributed by atoms with Gasteiger partial charge in [0.05, 0.1) is 26.4 Å². The van der Waals surface area contributed by atoms with Crippen LogP contribution in [-0.2, 0) is 9.47 Å². The molecule has 2 aliphatic rings. The number of nitrogens with zero attached hydrogens (tertiary/aromatic N) is 4. The zero-order valence-electron chi connectivity index (χ0n) is 11.1. The van der Waals surface area contributed by atoms with Crippen LogP contribution >= 0.6 is 0 Å². The summed E-state index contributed by atoms with van der Waals surface area (Å²) < 4.78 is 10.3. The molecule has 112 valence electrons. The summed E-state index contributed by atoms with van der Waals surface area (Å²) in [5.41, 5.74) is 5.04. The Morgan fingerprint density at radius 3 is 1.45 bits per heavy atom. The minimum absolute atomic E-state index is 0.551. The van der Waals surface area contributed by atoms with Gasteiger partial charge >= 0.3 is 12.1 Å². The quantitative estimate of drug-likeness (QED) is 0.653. The van der Waals surface area contributed by atoms with E-state index in [-0.39, 0.29) is 0 Å². The second-order valence-electron chi connectivity index (χ2n) is 4.23. The van der Waals surface area contributed by atoms with Gasteiger partial charge in [0, 0.05) is 26.2 Å². The normalized spacial score (nSPS) is 21.8. The van der Waals surface area contributed by atoms with Crippen molar-refractivity contribution in [3.63, 3.8) is 0 Å². The number of urea groups is 2. The molecule has 0 aromatic heterocycles. The molecule has 20 heavy (non-hydrogen) atoms. The van der Waals surface area contributed by atoms with E-state index in [2.05, 4.69) is 21.1 Å². The monoisotopic (exact) mass is 286 g/mol. The summed E-state index contributed by atoms with van der Waals surface area (Å²) in [6.07, 6.45) is 0. The van der Waals surface area contributed by atoms with Gasteiger partial charge in [-0.25, -0.2) is 19.6 Å². The van der Waals surface area contributed by atoms with Crippen LogP contribution in [0.5, 0.6) is 0 Å². The Morgan fingerprint density at radius 2 is 1.10 bits per heavy atom. The summed E-state index contributed by atoms with van der Waals surface area (Å²) in [4.78, 5) is 22.9. The fourth-order valence-corrected chi connectivity index (χ4v) is 1.76. The van der Waals surface area contributed by atoms with Gasteiger partial charge in [0.25, 0.3) is 0 Å². The predicted molar refractivity (Wildman–Crippen MR) is 66.7 cm³/mol. The Balaban J connectivity index is 1.67. The SMILES string of the molecule is O=C(N=NC(=O)NN1CCOCC1)NN1CCOCC1. The first kappa shape index (κ1) is 14.8. The molecule has 2 heterocycles. The number of azo groups is 1. The molecule has 0 atom stereocenters. The number of hydrogen-bond donors (Lipinski definition) is 2. The third kappa shape index (κ3) is 5.17. The summed E-state index contributed by atoms with van der Waals surface area (Å²) >= 11 is 0. The maximum atomic E-state index is 11.4. The molecule has 10 heteroatoms. The van der Waals surface area contributed by atoms with Crippen molar-refractivity contribution in [2.75, 3.05) is 52.6 Å². The molecule has 0 bridgehead atoms. The van der Waals surface area contributed by atoms with Gasteiger partial charge in [0.2, 0.25) is 0 Å². The van der Waals surface area contributed by atoms with Gasteiger partial charge in [-0.05, 0) is 0 Å². The smallest absolute Gasteiger partial charge is 0.374 e. The van der Waals surface area contributed by atoms with Crippen LogP contribution in [0.3, 0.4) is 0 Å². The molecular weight excluding hydrogens is 268 g/mol. The summed E-state index contributed by atoms with van der Waals surface area (Å²) in [6.45, 7) is 4.54. The topological polar surface area (TPSA) is 108 Å². The van der Waals surface area contributed by atoms with Crippen LogP contribution in [0.2, 0.25) is 0 Å². The third-order valence-electron chi connectivity index (χ3n) is 2.76. The van der Waals surface area contributed by atoms with Gasteiger partial charge in [0.15, 0.2) is 0 Å². The molecule has 0 aromatic rings. The highest BCUT2D eigenvalue weighted by Crippen LogP contribution is 1.95. The largest absolute Gasteiger partial charge is 0.379 e. The van der Waals surface area contributed by atoms with E-state index in [1.165, 1.54) is 0 Å². The highest BCUT2D eigenvalue weighted by Gasteiger charge is 2.14. The Kier molecular flexibility index (Phi) is 5.80. The molecule has 2 N–H and O–H groups in total. The lowest BCUT2D eigenvalue weighted by molar-refractivity contribution is 0.0193. The van der Waals surface area contributed by atoms with Crippen molar-refractivity contribution in [2.24, 2.45) is 10.2 Å². The number of ether oxygens (including phenoxy) is 2. The van der Waals surface area contributed by atoms with Crippen LogP contribution < -0.4 is 10.9 Å². The second kappa shape index (κ2) is 7.85. The minimum atomic E-state index is -0.677. The minimum Gasteiger partial charge on any atom is -0.379 e. The number of rotatable bonds is 2. The first-order valence-electron chi connectivity index (χ1n) is 6.42. The number of hydrazine groups is 2. The zero-order valence-corrected chi connectivity index (χ0v) is 11.1. The van der Waals surface area contributed by atoms with Crippen molar-refractivity contribution in [2.45, 2.75) is 0 Å².